The van der Waals surface area contributed by atoms with Crippen LogP contribution in [0.2, 0.25) is 5.02 Å². The summed E-state index contributed by atoms with van der Waals surface area (Å²) >= 11 is 14.4. The van der Waals surface area contributed by atoms with Crippen LogP contribution in [0, 0.1) is 0 Å². The number of thiol groups is 1. The Hall–Kier alpha value is -0.250. The van der Waals surface area contributed by atoms with Crippen molar-refractivity contribution in [3.05, 3.63) is 34.9 Å². The molecule has 0 aromatic heterocycles. The zero-order chi connectivity index (χ0) is 8.97. The Morgan fingerprint density at radius 3 is 2.50 bits per heavy atom. The third kappa shape index (κ3) is 3.43. The minimum atomic E-state index is 0.505. The molecule has 1 rings (SSSR count). The molecule has 1 aromatic rings. The molecule has 0 aliphatic heterocycles. The predicted octanol–water partition coefficient (Wildman–Crippen LogP) is 2.64. The molecule has 0 aliphatic carbocycles. The second-order valence-corrected chi connectivity index (χ2v) is 3.88. The van der Waals surface area contributed by atoms with Crippen LogP contribution in [0.25, 0.3) is 0 Å². The fraction of sp³-hybridized carbons (Fsp3) is 0.125. The molecule has 1 nitrogen and oxygen atoms in total. The summed E-state index contributed by atoms with van der Waals surface area (Å²) in [6.07, 6.45) is 0. The highest BCUT2D eigenvalue weighted by molar-refractivity contribution is 8.11. The van der Waals surface area contributed by atoms with Crippen molar-refractivity contribution in [1.29, 1.82) is 0 Å². The molecule has 0 heterocycles. The molecular formula is C8H8ClNS2. The minimum absolute atomic E-state index is 0.505. The van der Waals surface area contributed by atoms with Gasteiger partial charge in [0.1, 0.15) is 4.32 Å². The van der Waals surface area contributed by atoms with Crippen LogP contribution in [0.5, 0.6) is 0 Å². The Kier molecular flexibility index (Phi) is 3.85. The molecule has 0 saturated heterocycles. The summed E-state index contributed by atoms with van der Waals surface area (Å²) in [6.45, 7) is 0.694. The zero-order valence-corrected chi connectivity index (χ0v) is 8.72. The minimum Gasteiger partial charge on any atom is -0.367 e. The monoisotopic (exact) mass is 217 g/mol. The van der Waals surface area contributed by atoms with Crippen LogP contribution in [0.3, 0.4) is 0 Å². The van der Waals surface area contributed by atoms with Gasteiger partial charge in [-0.2, -0.15) is 0 Å². The first-order valence-electron chi connectivity index (χ1n) is 3.40. The molecule has 4 heteroatoms. The van der Waals surface area contributed by atoms with Crippen LogP contribution >= 0.6 is 36.4 Å². The lowest BCUT2D eigenvalue weighted by Gasteiger charge is -2.02. The number of rotatable bonds is 2. The number of hydrogen-bond acceptors (Lipinski definition) is 1. The maximum absolute atomic E-state index is 5.71. The van der Waals surface area contributed by atoms with Gasteiger partial charge in [0.15, 0.2) is 0 Å². The van der Waals surface area contributed by atoms with Gasteiger partial charge in [0, 0.05) is 11.6 Å². The largest absolute Gasteiger partial charge is 0.367 e. The lowest BCUT2D eigenvalue weighted by atomic mass is 10.2. The van der Waals surface area contributed by atoms with Crippen LogP contribution < -0.4 is 5.32 Å². The van der Waals surface area contributed by atoms with Crippen molar-refractivity contribution in [1.82, 2.24) is 5.32 Å². The van der Waals surface area contributed by atoms with Crippen molar-refractivity contribution >= 4 is 40.8 Å². The number of halogens is 1. The number of hydrogen-bond donors (Lipinski definition) is 2. The zero-order valence-electron chi connectivity index (χ0n) is 6.25. The van der Waals surface area contributed by atoms with Crippen LogP contribution in [-0.4, -0.2) is 4.32 Å². The van der Waals surface area contributed by atoms with E-state index in [-0.39, 0.29) is 0 Å². The lowest BCUT2D eigenvalue weighted by molar-refractivity contribution is 0.940. The second kappa shape index (κ2) is 4.70. The fourth-order valence-corrected chi connectivity index (χ4v) is 1.06. The average Bonchev–Trinajstić information content (AvgIpc) is 2.03. The molecule has 0 saturated carbocycles. The van der Waals surface area contributed by atoms with E-state index < -0.39 is 0 Å². The van der Waals surface area contributed by atoms with Gasteiger partial charge in [-0.1, -0.05) is 36.0 Å². The summed E-state index contributed by atoms with van der Waals surface area (Å²) in [5.74, 6) is 0. The normalized spacial score (nSPS) is 9.50. The van der Waals surface area contributed by atoms with E-state index in [0.29, 0.717) is 10.9 Å². The third-order valence-corrected chi connectivity index (χ3v) is 1.91. The van der Waals surface area contributed by atoms with E-state index in [0.717, 1.165) is 10.6 Å². The summed E-state index contributed by atoms with van der Waals surface area (Å²) in [7, 11) is 0. The summed E-state index contributed by atoms with van der Waals surface area (Å²) in [5, 5.41) is 3.68. The van der Waals surface area contributed by atoms with Gasteiger partial charge in [-0.25, -0.2) is 0 Å². The Morgan fingerprint density at radius 2 is 2.00 bits per heavy atom. The predicted molar refractivity (Wildman–Crippen MR) is 59.9 cm³/mol. The van der Waals surface area contributed by atoms with Gasteiger partial charge < -0.3 is 5.32 Å². The van der Waals surface area contributed by atoms with Crippen molar-refractivity contribution < 1.29 is 0 Å². The lowest BCUT2D eigenvalue weighted by Crippen LogP contribution is -2.14. The molecule has 0 amide bonds. The first-order valence-corrected chi connectivity index (χ1v) is 4.63. The van der Waals surface area contributed by atoms with Crippen molar-refractivity contribution in [2.24, 2.45) is 0 Å². The van der Waals surface area contributed by atoms with E-state index in [9.17, 15) is 0 Å². The molecule has 0 radical (unpaired) electrons. The Labute approximate surface area is 87.5 Å². The topological polar surface area (TPSA) is 12.0 Å². The van der Waals surface area contributed by atoms with Crippen molar-refractivity contribution in [3.8, 4) is 0 Å². The van der Waals surface area contributed by atoms with Crippen molar-refractivity contribution in [2.75, 3.05) is 0 Å². The Balaban J connectivity index is 2.53. The van der Waals surface area contributed by atoms with E-state index in [1.165, 1.54) is 0 Å². The Morgan fingerprint density at radius 1 is 1.42 bits per heavy atom. The van der Waals surface area contributed by atoms with Gasteiger partial charge in [-0.15, -0.1) is 12.6 Å². The summed E-state index contributed by atoms with van der Waals surface area (Å²) in [5.41, 5.74) is 1.14. The standard InChI is InChI=1S/C8H8ClNS2/c9-7-3-1-6(2-4-7)5-10-8(11)12/h1-4H,5H2,(H2,10,11,12). The molecule has 1 aromatic carbocycles. The van der Waals surface area contributed by atoms with Gasteiger partial charge >= 0.3 is 0 Å². The van der Waals surface area contributed by atoms with E-state index in [1.807, 2.05) is 24.3 Å². The number of nitrogens with one attached hydrogen (secondary N) is 1. The van der Waals surface area contributed by atoms with Gasteiger partial charge in [0.2, 0.25) is 0 Å². The molecule has 12 heavy (non-hydrogen) atoms. The van der Waals surface area contributed by atoms with Gasteiger partial charge in [0.05, 0.1) is 0 Å². The molecule has 0 spiro atoms. The summed E-state index contributed by atoms with van der Waals surface area (Å²) in [4.78, 5) is 0. The average molecular weight is 218 g/mol. The second-order valence-electron chi connectivity index (χ2n) is 2.29. The summed E-state index contributed by atoms with van der Waals surface area (Å²) < 4.78 is 0.505. The molecule has 64 valence electrons. The molecule has 0 bridgehead atoms. The quantitative estimate of drug-likeness (QED) is 0.584. The van der Waals surface area contributed by atoms with Crippen LogP contribution in [0.1, 0.15) is 5.56 Å². The van der Waals surface area contributed by atoms with E-state index >= 15 is 0 Å². The van der Waals surface area contributed by atoms with Crippen LogP contribution in [0.4, 0.5) is 0 Å². The maximum Gasteiger partial charge on any atom is 0.130 e. The van der Waals surface area contributed by atoms with Crippen LogP contribution in [-0.2, 0) is 6.54 Å². The highest BCUT2D eigenvalue weighted by Crippen LogP contribution is 2.09. The SMILES string of the molecule is S=C(S)NCc1ccc(Cl)cc1. The molecule has 0 unspecified atom stereocenters. The van der Waals surface area contributed by atoms with E-state index in [1.54, 1.807) is 0 Å². The molecular weight excluding hydrogens is 210 g/mol. The van der Waals surface area contributed by atoms with E-state index in [2.05, 4.69) is 17.9 Å². The first kappa shape index (κ1) is 9.84. The fourth-order valence-electron chi connectivity index (χ4n) is 0.780. The third-order valence-electron chi connectivity index (χ3n) is 1.36. The van der Waals surface area contributed by atoms with Crippen molar-refractivity contribution in [2.45, 2.75) is 6.54 Å². The maximum atomic E-state index is 5.71. The highest BCUT2D eigenvalue weighted by Gasteiger charge is 1.92. The van der Waals surface area contributed by atoms with Crippen molar-refractivity contribution in [3.63, 3.8) is 0 Å². The number of thiocarbonyl (C=S) groups is 1. The molecule has 0 atom stereocenters. The van der Waals surface area contributed by atoms with Gasteiger partial charge in [0.25, 0.3) is 0 Å². The molecule has 1 N–H and O–H groups in total. The number of benzene rings is 1. The Bertz CT molecular complexity index is 271. The van der Waals surface area contributed by atoms with Gasteiger partial charge in [-0.3, -0.25) is 0 Å². The highest BCUT2D eigenvalue weighted by atomic mass is 35.5. The van der Waals surface area contributed by atoms with Gasteiger partial charge in [-0.05, 0) is 17.7 Å². The van der Waals surface area contributed by atoms with E-state index in [4.69, 9.17) is 23.8 Å². The van der Waals surface area contributed by atoms with Crippen LogP contribution in [0.15, 0.2) is 24.3 Å². The first-order chi connectivity index (χ1) is 5.68. The molecule has 0 aliphatic rings. The molecule has 0 fully saturated rings. The summed E-state index contributed by atoms with van der Waals surface area (Å²) in [6, 6.07) is 7.59. The smallest absolute Gasteiger partial charge is 0.130 e.